The summed E-state index contributed by atoms with van der Waals surface area (Å²) >= 11 is 0. The topological polar surface area (TPSA) is 77.3 Å². The first-order valence-corrected chi connectivity index (χ1v) is 6.08. The van der Waals surface area contributed by atoms with Gasteiger partial charge in [-0.25, -0.2) is 4.98 Å². The Morgan fingerprint density at radius 1 is 1.35 bits per heavy atom. The normalized spacial score (nSPS) is 10.1. The van der Waals surface area contributed by atoms with Gasteiger partial charge in [0.25, 0.3) is 5.69 Å². The third-order valence-corrected chi connectivity index (χ3v) is 2.90. The summed E-state index contributed by atoms with van der Waals surface area (Å²) in [5, 5.41) is 13.9. The minimum atomic E-state index is -0.382. The number of hydrogen-bond donors (Lipinski definition) is 1. The minimum Gasteiger partial charge on any atom is -0.481 e. The molecule has 0 radical (unpaired) electrons. The lowest BCUT2D eigenvalue weighted by molar-refractivity contribution is -0.385. The van der Waals surface area contributed by atoms with E-state index in [1.165, 1.54) is 6.07 Å². The first kappa shape index (κ1) is 13.8. The van der Waals surface area contributed by atoms with Crippen molar-refractivity contribution in [2.24, 2.45) is 0 Å². The quantitative estimate of drug-likeness (QED) is 0.669. The zero-order chi connectivity index (χ0) is 14.5. The highest BCUT2D eigenvalue weighted by atomic mass is 16.6. The molecule has 1 aromatic carbocycles. The third-order valence-electron chi connectivity index (χ3n) is 2.90. The van der Waals surface area contributed by atoms with Crippen molar-refractivity contribution < 1.29 is 9.66 Å². The fourth-order valence-electron chi connectivity index (χ4n) is 1.81. The van der Waals surface area contributed by atoms with E-state index in [0.717, 1.165) is 11.3 Å². The second kappa shape index (κ2) is 6.01. The van der Waals surface area contributed by atoms with Gasteiger partial charge in [0.1, 0.15) is 0 Å². The summed E-state index contributed by atoms with van der Waals surface area (Å²) < 4.78 is 4.99. The van der Waals surface area contributed by atoms with Gasteiger partial charge in [-0.2, -0.15) is 0 Å². The van der Waals surface area contributed by atoms with Crippen LogP contribution < -0.4 is 10.1 Å². The Morgan fingerprint density at radius 2 is 2.15 bits per heavy atom. The minimum absolute atomic E-state index is 0.127. The highest BCUT2D eigenvalue weighted by Crippen LogP contribution is 2.22. The average molecular weight is 273 g/mol. The molecule has 6 heteroatoms. The fraction of sp³-hybridized carbons (Fsp3) is 0.214. The number of benzene rings is 1. The molecule has 0 aliphatic carbocycles. The van der Waals surface area contributed by atoms with Crippen LogP contribution in [0.15, 0.2) is 36.5 Å². The van der Waals surface area contributed by atoms with Gasteiger partial charge >= 0.3 is 0 Å². The van der Waals surface area contributed by atoms with Gasteiger partial charge in [0.15, 0.2) is 0 Å². The molecule has 0 bridgehead atoms. The molecule has 0 aliphatic rings. The van der Waals surface area contributed by atoms with Crippen molar-refractivity contribution in [1.29, 1.82) is 0 Å². The van der Waals surface area contributed by atoms with Crippen molar-refractivity contribution in [1.82, 2.24) is 4.98 Å². The van der Waals surface area contributed by atoms with Crippen LogP contribution in [0.2, 0.25) is 0 Å². The van der Waals surface area contributed by atoms with Crippen LogP contribution in [-0.2, 0) is 6.54 Å². The molecule has 1 heterocycles. The van der Waals surface area contributed by atoms with E-state index in [1.54, 1.807) is 38.4 Å². The third kappa shape index (κ3) is 3.23. The monoisotopic (exact) mass is 273 g/mol. The SMILES string of the molecule is COc1ccc(CNc2ccc([N+](=O)[O-])c(C)c2)cn1. The molecule has 0 saturated carbocycles. The van der Waals surface area contributed by atoms with E-state index in [1.807, 2.05) is 6.07 Å². The maximum absolute atomic E-state index is 10.7. The number of aryl methyl sites for hydroxylation is 1. The van der Waals surface area contributed by atoms with Gasteiger partial charge in [-0.05, 0) is 24.6 Å². The van der Waals surface area contributed by atoms with Crippen molar-refractivity contribution in [3.05, 3.63) is 57.8 Å². The van der Waals surface area contributed by atoms with E-state index >= 15 is 0 Å². The second-order valence-electron chi connectivity index (χ2n) is 4.32. The molecule has 0 unspecified atom stereocenters. The Kier molecular flexibility index (Phi) is 4.14. The number of aromatic nitrogens is 1. The van der Waals surface area contributed by atoms with E-state index in [4.69, 9.17) is 4.74 Å². The van der Waals surface area contributed by atoms with Crippen molar-refractivity contribution in [2.45, 2.75) is 13.5 Å². The van der Waals surface area contributed by atoms with E-state index in [2.05, 4.69) is 10.3 Å². The molecule has 2 rings (SSSR count). The zero-order valence-electron chi connectivity index (χ0n) is 11.3. The molecule has 104 valence electrons. The van der Waals surface area contributed by atoms with Crippen LogP contribution >= 0.6 is 0 Å². The number of methoxy groups -OCH3 is 1. The Balaban J connectivity index is 2.03. The van der Waals surface area contributed by atoms with E-state index in [0.29, 0.717) is 18.0 Å². The summed E-state index contributed by atoms with van der Waals surface area (Å²) in [5.41, 5.74) is 2.60. The molecule has 1 N–H and O–H groups in total. The molecular formula is C14H15N3O3. The van der Waals surface area contributed by atoms with Crippen LogP contribution in [-0.4, -0.2) is 17.0 Å². The van der Waals surface area contributed by atoms with Gasteiger partial charge in [-0.3, -0.25) is 10.1 Å². The molecule has 6 nitrogen and oxygen atoms in total. The number of nitrogens with one attached hydrogen (secondary N) is 1. The van der Waals surface area contributed by atoms with Crippen LogP contribution in [0, 0.1) is 17.0 Å². The van der Waals surface area contributed by atoms with Crippen molar-refractivity contribution in [2.75, 3.05) is 12.4 Å². The number of anilines is 1. The average Bonchev–Trinajstić information content (AvgIpc) is 2.45. The number of nitro groups is 1. The van der Waals surface area contributed by atoms with Crippen molar-refractivity contribution >= 4 is 11.4 Å². The smallest absolute Gasteiger partial charge is 0.272 e. The maximum Gasteiger partial charge on any atom is 0.272 e. The zero-order valence-corrected chi connectivity index (χ0v) is 11.3. The summed E-state index contributed by atoms with van der Waals surface area (Å²) in [6.07, 6.45) is 1.73. The Morgan fingerprint density at radius 3 is 2.70 bits per heavy atom. The number of hydrogen-bond acceptors (Lipinski definition) is 5. The maximum atomic E-state index is 10.7. The highest BCUT2D eigenvalue weighted by molar-refractivity contribution is 5.53. The highest BCUT2D eigenvalue weighted by Gasteiger charge is 2.09. The first-order valence-electron chi connectivity index (χ1n) is 6.08. The van der Waals surface area contributed by atoms with E-state index in [9.17, 15) is 10.1 Å². The Labute approximate surface area is 116 Å². The van der Waals surface area contributed by atoms with Crippen LogP contribution in [0.1, 0.15) is 11.1 Å². The van der Waals surface area contributed by atoms with Gasteiger partial charge in [-0.1, -0.05) is 6.07 Å². The van der Waals surface area contributed by atoms with Crippen LogP contribution in [0.25, 0.3) is 0 Å². The second-order valence-corrected chi connectivity index (χ2v) is 4.32. The molecular weight excluding hydrogens is 258 g/mol. The van der Waals surface area contributed by atoms with E-state index in [-0.39, 0.29) is 10.6 Å². The summed E-state index contributed by atoms with van der Waals surface area (Å²) in [6, 6.07) is 8.66. The van der Waals surface area contributed by atoms with Crippen molar-refractivity contribution in [3.8, 4) is 5.88 Å². The lowest BCUT2D eigenvalue weighted by Gasteiger charge is -2.08. The number of ether oxygens (including phenoxy) is 1. The largest absolute Gasteiger partial charge is 0.481 e. The summed E-state index contributed by atoms with van der Waals surface area (Å²) in [5.74, 6) is 0.569. The van der Waals surface area contributed by atoms with Crippen LogP contribution in [0.5, 0.6) is 5.88 Å². The molecule has 0 amide bonds. The molecule has 0 aliphatic heterocycles. The fourth-order valence-corrected chi connectivity index (χ4v) is 1.81. The van der Waals surface area contributed by atoms with Gasteiger partial charge in [0.2, 0.25) is 5.88 Å². The summed E-state index contributed by atoms with van der Waals surface area (Å²) in [7, 11) is 1.57. The lowest BCUT2D eigenvalue weighted by atomic mass is 10.2. The Hall–Kier alpha value is -2.63. The molecule has 20 heavy (non-hydrogen) atoms. The van der Waals surface area contributed by atoms with Gasteiger partial charge in [0, 0.05) is 36.1 Å². The molecule has 0 fully saturated rings. The number of nitrogens with zero attached hydrogens (tertiary/aromatic N) is 2. The van der Waals surface area contributed by atoms with E-state index < -0.39 is 0 Å². The van der Waals surface area contributed by atoms with Gasteiger partial charge < -0.3 is 10.1 Å². The lowest BCUT2D eigenvalue weighted by Crippen LogP contribution is -2.01. The number of rotatable bonds is 5. The summed E-state index contributed by atoms with van der Waals surface area (Å²) in [6.45, 7) is 2.31. The molecule has 0 spiro atoms. The molecule has 0 saturated heterocycles. The predicted molar refractivity (Wildman–Crippen MR) is 75.9 cm³/mol. The van der Waals surface area contributed by atoms with Crippen molar-refractivity contribution in [3.63, 3.8) is 0 Å². The first-order chi connectivity index (χ1) is 9.60. The summed E-state index contributed by atoms with van der Waals surface area (Å²) in [4.78, 5) is 14.5. The molecule has 1 aromatic heterocycles. The van der Waals surface area contributed by atoms with Gasteiger partial charge in [-0.15, -0.1) is 0 Å². The van der Waals surface area contributed by atoms with Crippen LogP contribution in [0.3, 0.4) is 0 Å². The Bertz CT molecular complexity index is 612. The van der Waals surface area contributed by atoms with Gasteiger partial charge in [0.05, 0.1) is 12.0 Å². The number of pyridine rings is 1. The standard InChI is InChI=1S/C14H15N3O3/c1-10-7-12(4-5-13(10)17(18)19)15-8-11-3-6-14(20-2)16-9-11/h3-7,9,15H,8H2,1-2H3. The van der Waals surface area contributed by atoms with Crippen LogP contribution in [0.4, 0.5) is 11.4 Å². The molecule has 0 atom stereocenters. The predicted octanol–water partition coefficient (Wildman–Crippen LogP) is 2.92. The molecule has 2 aromatic rings. The number of nitro benzene ring substituents is 1.